The molecule has 130 valence electrons. The highest BCUT2D eigenvalue weighted by atomic mass is 127. The number of hydrogen-bond donors (Lipinski definition) is 2. The van der Waals surface area contributed by atoms with E-state index in [1.807, 2.05) is 30.2 Å². The van der Waals surface area contributed by atoms with Gasteiger partial charge in [0.2, 0.25) is 0 Å². The van der Waals surface area contributed by atoms with E-state index in [1.54, 1.807) is 0 Å². The van der Waals surface area contributed by atoms with Gasteiger partial charge in [-0.2, -0.15) is 5.10 Å². The molecule has 1 fully saturated rings. The highest BCUT2D eigenvalue weighted by molar-refractivity contribution is 14.0. The number of benzene rings is 1. The van der Waals surface area contributed by atoms with E-state index in [2.05, 4.69) is 45.0 Å². The lowest BCUT2D eigenvalue weighted by Crippen LogP contribution is -2.41. The zero-order valence-electron chi connectivity index (χ0n) is 14.1. The van der Waals surface area contributed by atoms with E-state index in [0.717, 1.165) is 19.0 Å². The standard InChI is InChI=1S/C18H25N5.HI/c1-19-18(22-17-8-2-3-9-17)20-13-15-6-4-7-16(12-15)14-23-11-5-10-21-23;/h4-7,10-12,17H,2-3,8-9,13-14H2,1H3,(H2,19,20,22);1H. The van der Waals surface area contributed by atoms with Crippen molar-refractivity contribution >= 4 is 29.9 Å². The summed E-state index contributed by atoms with van der Waals surface area (Å²) in [6.45, 7) is 1.58. The molecule has 6 heteroatoms. The van der Waals surface area contributed by atoms with E-state index in [9.17, 15) is 0 Å². The molecule has 0 radical (unpaired) electrons. The molecule has 24 heavy (non-hydrogen) atoms. The molecular weight excluding hydrogens is 413 g/mol. The molecule has 0 amide bonds. The van der Waals surface area contributed by atoms with Crippen molar-refractivity contribution in [1.82, 2.24) is 20.4 Å². The van der Waals surface area contributed by atoms with Gasteiger partial charge in [0.15, 0.2) is 5.96 Å². The molecular formula is C18H26IN5. The van der Waals surface area contributed by atoms with Gasteiger partial charge in [-0.3, -0.25) is 9.67 Å². The Morgan fingerprint density at radius 1 is 1.25 bits per heavy atom. The predicted molar refractivity (Wildman–Crippen MR) is 109 cm³/mol. The molecule has 0 atom stereocenters. The van der Waals surface area contributed by atoms with Crippen LogP contribution in [0.1, 0.15) is 36.8 Å². The van der Waals surface area contributed by atoms with Crippen molar-refractivity contribution in [3.63, 3.8) is 0 Å². The summed E-state index contributed by atoms with van der Waals surface area (Å²) >= 11 is 0. The smallest absolute Gasteiger partial charge is 0.191 e. The van der Waals surface area contributed by atoms with Gasteiger partial charge >= 0.3 is 0 Å². The molecule has 5 nitrogen and oxygen atoms in total. The first-order valence-electron chi connectivity index (χ1n) is 8.36. The summed E-state index contributed by atoms with van der Waals surface area (Å²) in [7, 11) is 1.83. The van der Waals surface area contributed by atoms with Crippen LogP contribution >= 0.6 is 24.0 Å². The Balaban J connectivity index is 0.00000208. The lowest BCUT2D eigenvalue weighted by molar-refractivity contribution is 0.613. The molecule has 3 rings (SSSR count). The highest BCUT2D eigenvalue weighted by Gasteiger charge is 2.15. The third kappa shape index (κ3) is 5.51. The Morgan fingerprint density at radius 3 is 2.75 bits per heavy atom. The first kappa shape index (κ1) is 18.8. The van der Waals surface area contributed by atoms with Crippen LogP contribution < -0.4 is 10.6 Å². The van der Waals surface area contributed by atoms with Crippen LogP contribution in [0.25, 0.3) is 0 Å². The molecule has 1 heterocycles. The summed E-state index contributed by atoms with van der Waals surface area (Å²) in [5, 5.41) is 11.2. The summed E-state index contributed by atoms with van der Waals surface area (Å²) < 4.78 is 1.94. The van der Waals surface area contributed by atoms with Crippen LogP contribution in [-0.2, 0) is 13.1 Å². The fraction of sp³-hybridized carbons (Fsp3) is 0.444. The summed E-state index contributed by atoms with van der Waals surface area (Å²) in [5.74, 6) is 0.898. The Hall–Kier alpha value is -1.57. The lowest BCUT2D eigenvalue weighted by atomic mass is 10.1. The van der Waals surface area contributed by atoms with Gasteiger partial charge in [0.25, 0.3) is 0 Å². The third-order valence-corrected chi connectivity index (χ3v) is 4.27. The van der Waals surface area contributed by atoms with E-state index in [-0.39, 0.29) is 24.0 Å². The molecule has 1 aliphatic rings. The van der Waals surface area contributed by atoms with Gasteiger partial charge in [0.1, 0.15) is 0 Å². The van der Waals surface area contributed by atoms with Gasteiger partial charge in [-0.1, -0.05) is 37.1 Å². The topological polar surface area (TPSA) is 54.2 Å². The molecule has 1 aromatic heterocycles. The van der Waals surface area contributed by atoms with Crippen LogP contribution in [0.3, 0.4) is 0 Å². The Kier molecular flexibility index (Phi) is 7.55. The van der Waals surface area contributed by atoms with Crippen LogP contribution in [0.15, 0.2) is 47.7 Å². The summed E-state index contributed by atoms with van der Waals surface area (Å²) in [6, 6.07) is 11.1. The monoisotopic (exact) mass is 439 g/mol. The summed E-state index contributed by atoms with van der Waals surface area (Å²) in [4.78, 5) is 4.33. The fourth-order valence-corrected chi connectivity index (χ4v) is 3.06. The van der Waals surface area contributed by atoms with E-state index < -0.39 is 0 Å². The number of halogens is 1. The molecule has 0 bridgehead atoms. The van der Waals surface area contributed by atoms with Gasteiger partial charge in [0.05, 0.1) is 6.54 Å². The van der Waals surface area contributed by atoms with Crippen LogP contribution in [-0.4, -0.2) is 28.8 Å². The minimum Gasteiger partial charge on any atom is -0.354 e. The number of rotatable bonds is 5. The predicted octanol–water partition coefficient (Wildman–Crippen LogP) is 3.16. The zero-order valence-corrected chi connectivity index (χ0v) is 16.4. The van der Waals surface area contributed by atoms with Gasteiger partial charge in [-0.05, 0) is 30.0 Å². The second kappa shape index (κ2) is 9.66. The third-order valence-electron chi connectivity index (χ3n) is 4.27. The van der Waals surface area contributed by atoms with Crippen molar-refractivity contribution in [2.45, 2.75) is 44.8 Å². The molecule has 2 aromatic rings. The Labute approximate surface area is 161 Å². The van der Waals surface area contributed by atoms with E-state index in [4.69, 9.17) is 0 Å². The van der Waals surface area contributed by atoms with E-state index in [1.165, 1.54) is 36.8 Å². The second-order valence-corrected chi connectivity index (χ2v) is 6.08. The number of hydrogen-bond acceptors (Lipinski definition) is 2. The van der Waals surface area contributed by atoms with Crippen molar-refractivity contribution < 1.29 is 0 Å². The largest absolute Gasteiger partial charge is 0.354 e. The second-order valence-electron chi connectivity index (χ2n) is 6.08. The maximum absolute atomic E-state index is 4.33. The number of guanidine groups is 1. The van der Waals surface area contributed by atoms with Crippen molar-refractivity contribution in [2.75, 3.05) is 7.05 Å². The number of aromatic nitrogens is 2. The SMILES string of the molecule is CN=C(NCc1cccc(Cn2cccn2)c1)NC1CCCC1.I. The van der Waals surface area contributed by atoms with Crippen molar-refractivity contribution in [3.8, 4) is 0 Å². The first-order chi connectivity index (χ1) is 11.3. The molecule has 2 N–H and O–H groups in total. The first-order valence-corrected chi connectivity index (χ1v) is 8.36. The minimum atomic E-state index is 0. The fourth-order valence-electron chi connectivity index (χ4n) is 3.06. The molecule has 0 unspecified atom stereocenters. The molecule has 1 aliphatic carbocycles. The maximum Gasteiger partial charge on any atom is 0.191 e. The zero-order chi connectivity index (χ0) is 15.9. The van der Waals surface area contributed by atoms with Crippen LogP contribution in [0, 0.1) is 0 Å². The van der Waals surface area contributed by atoms with Gasteiger partial charge in [0, 0.05) is 32.0 Å². The van der Waals surface area contributed by atoms with Crippen LogP contribution in [0.4, 0.5) is 0 Å². The summed E-state index contributed by atoms with van der Waals surface area (Å²) in [5.41, 5.74) is 2.51. The molecule has 1 saturated carbocycles. The minimum absolute atomic E-state index is 0. The van der Waals surface area contributed by atoms with Gasteiger partial charge < -0.3 is 10.6 Å². The van der Waals surface area contributed by atoms with Crippen molar-refractivity contribution in [2.24, 2.45) is 4.99 Å². The lowest BCUT2D eigenvalue weighted by Gasteiger charge is -2.17. The maximum atomic E-state index is 4.33. The summed E-state index contributed by atoms with van der Waals surface area (Å²) in [6.07, 6.45) is 8.94. The van der Waals surface area contributed by atoms with Crippen molar-refractivity contribution in [3.05, 3.63) is 53.9 Å². The number of aliphatic imine (C=N–C) groups is 1. The average molecular weight is 439 g/mol. The molecule has 1 aromatic carbocycles. The quantitative estimate of drug-likeness (QED) is 0.428. The molecule has 0 saturated heterocycles. The average Bonchev–Trinajstić information content (AvgIpc) is 3.25. The normalized spacial score (nSPS) is 15.1. The number of nitrogens with one attached hydrogen (secondary N) is 2. The number of nitrogens with zero attached hydrogens (tertiary/aromatic N) is 3. The van der Waals surface area contributed by atoms with Crippen LogP contribution in [0.2, 0.25) is 0 Å². The van der Waals surface area contributed by atoms with E-state index >= 15 is 0 Å². The molecule has 0 aliphatic heterocycles. The Morgan fingerprint density at radius 2 is 2.04 bits per heavy atom. The van der Waals surface area contributed by atoms with Gasteiger partial charge in [-0.15, -0.1) is 24.0 Å². The molecule has 0 spiro atoms. The van der Waals surface area contributed by atoms with Crippen molar-refractivity contribution in [1.29, 1.82) is 0 Å². The van der Waals surface area contributed by atoms with E-state index in [0.29, 0.717) is 6.04 Å². The van der Waals surface area contributed by atoms with Gasteiger partial charge in [-0.25, -0.2) is 0 Å². The highest BCUT2D eigenvalue weighted by Crippen LogP contribution is 2.17. The Bertz CT molecular complexity index is 633. The van der Waals surface area contributed by atoms with Crippen LogP contribution in [0.5, 0.6) is 0 Å².